The molecule has 0 aromatic carbocycles. The van der Waals surface area contributed by atoms with Gasteiger partial charge in [0, 0.05) is 26.2 Å². The van der Waals surface area contributed by atoms with E-state index in [1.807, 2.05) is 0 Å². The average molecular weight is 331 g/mol. The van der Waals surface area contributed by atoms with E-state index in [0.29, 0.717) is 43.9 Å². The number of alkyl halides is 3. The molecule has 1 saturated heterocycles. The topological polar surface area (TPSA) is 56.7 Å². The van der Waals surface area contributed by atoms with Gasteiger partial charge >= 0.3 is 12.1 Å². The van der Waals surface area contributed by atoms with Crippen molar-refractivity contribution in [2.75, 3.05) is 32.1 Å². The molecule has 2 heterocycles. The number of anilines is 1. The molecule has 0 bridgehead atoms. The fraction of sp³-hybridized carbons (Fsp3) is 0.600. The van der Waals surface area contributed by atoms with Crippen molar-refractivity contribution < 1.29 is 23.1 Å². The number of carboxylic acids is 1. The maximum absolute atomic E-state index is 12.8. The summed E-state index contributed by atoms with van der Waals surface area (Å²) in [6.45, 7) is 1.70. The van der Waals surface area contributed by atoms with Crippen LogP contribution in [0.5, 0.6) is 0 Å². The Morgan fingerprint density at radius 2 is 1.96 bits per heavy atom. The van der Waals surface area contributed by atoms with Crippen LogP contribution in [0.4, 0.5) is 19.0 Å². The highest BCUT2D eigenvalue weighted by Gasteiger charge is 2.33. The van der Waals surface area contributed by atoms with Crippen LogP contribution < -0.4 is 4.90 Å². The van der Waals surface area contributed by atoms with Crippen molar-refractivity contribution in [1.29, 1.82) is 0 Å². The van der Waals surface area contributed by atoms with Crippen LogP contribution in [0.2, 0.25) is 0 Å². The molecule has 1 fully saturated rings. The molecule has 1 aromatic rings. The summed E-state index contributed by atoms with van der Waals surface area (Å²) >= 11 is 0. The minimum absolute atomic E-state index is 0.292. The van der Waals surface area contributed by atoms with Crippen molar-refractivity contribution in [3.05, 3.63) is 23.4 Å². The molecule has 0 atom stereocenters. The van der Waals surface area contributed by atoms with Crippen LogP contribution in [0.15, 0.2) is 12.1 Å². The fourth-order valence-corrected chi connectivity index (χ4v) is 2.72. The Morgan fingerprint density at radius 1 is 1.35 bits per heavy atom. The van der Waals surface area contributed by atoms with E-state index >= 15 is 0 Å². The summed E-state index contributed by atoms with van der Waals surface area (Å²) in [5.41, 5.74) is -0.202. The van der Waals surface area contributed by atoms with E-state index in [-0.39, 0.29) is 5.92 Å². The van der Waals surface area contributed by atoms with Gasteiger partial charge in [0.1, 0.15) is 11.5 Å². The Balaban J connectivity index is 2.12. The summed E-state index contributed by atoms with van der Waals surface area (Å²) in [6.07, 6.45) is -3.36. The number of rotatable bonds is 4. The van der Waals surface area contributed by atoms with Crippen molar-refractivity contribution >= 4 is 11.8 Å². The maximum atomic E-state index is 12.8. The second-order valence-electron chi connectivity index (χ2n) is 5.96. The van der Waals surface area contributed by atoms with Crippen LogP contribution in [0.25, 0.3) is 0 Å². The molecule has 23 heavy (non-hydrogen) atoms. The highest BCUT2D eigenvalue weighted by Crippen LogP contribution is 2.31. The second-order valence-corrected chi connectivity index (χ2v) is 5.96. The second kappa shape index (κ2) is 6.74. The minimum atomic E-state index is -4.47. The summed E-state index contributed by atoms with van der Waals surface area (Å²) in [6, 6.07) is 2.45. The molecule has 8 heteroatoms. The molecule has 5 nitrogen and oxygen atoms in total. The van der Waals surface area contributed by atoms with E-state index in [9.17, 15) is 18.0 Å². The lowest BCUT2D eigenvalue weighted by Crippen LogP contribution is -2.36. The number of aromatic nitrogens is 1. The van der Waals surface area contributed by atoms with E-state index in [2.05, 4.69) is 9.88 Å². The molecular formula is C15H20F3N3O2. The van der Waals surface area contributed by atoms with E-state index in [1.165, 1.54) is 6.07 Å². The first-order valence-electron chi connectivity index (χ1n) is 7.38. The molecule has 0 spiro atoms. The highest BCUT2D eigenvalue weighted by molar-refractivity contribution is 5.70. The molecule has 2 rings (SSSR count). The summed E-state index contributed by atoms with van der Waals surface area (Å²) in [4.78, 5) is 18.3. The number of hydrogen-bond donors (Lipinski definition) is 1. The first-order valence-corrected chi connectivity index (χ1v) is 7.38. The number of likely N-dealkylation sites (tertiary alicyclic amines) is 1. The van der Waals surface area contributed by atoms with Gasteiger partial charge in [-0.15, -0.1) is 0 Å². The quantitative estimate of drug-likeness (QED) is 0.918. The van der Waals surface area contributed by atoms with Gasteiger partial charge in [0.05, 0.1) is 5.92 Å². The van der Waals surface area contributed by atoms with Gasteiger partial charge < -0.3 is 10.0 Å². The Morgan fingerprint density at radius 3 is 2.43 bits per heavy atom. The third kappa shape index (κ3) is 4.34. The number of nitrogens with zero attached hydrogens (tertiary/aromatic N) is 3. The third-order valence-electron chi connectivity index (χ3n) is 4.00. The molecule has 0 radical (unpaired) electrons. The van der Waals surface area contributed by atoms with Crippen molar-refractivity contribution in [3.8, 4) is 0 Å². The van der Waals surface area contributed by atoms with Gasteiger partial charge in [-0.3, -0.25) is 9.69 Å². The predicted octanol–water partition coefficient (Wildman–Crippen LogP) is 2.46. The lowest BCUT2D eigenvalue weighted by molar-refractivity contribution is -0.143. The smallest absolute Gasteiger partial charge is 0.433 e. The van der Waals surface area contributed by atoms with Crippen molar-refractivity contribution in [2.45, 2.75) is 25.6 Å². The third-order valence-corrected chi connectivity index (χ3v) is 4.00. The van der Waals surface area contributed by atoms with Gasteiger partial charge in [-0.2, -0.15) is 13.2 Å². The molecular weight excluding hydrogens is 311 g/mol. The molecule has 1 aliphatic rings. The summed E-state index contributed by atoms with van der Waals surface area (Å²) in [5, 5.41) is 9.00. The zero-order chi connectivity index (χ0) is 17.2. The van der Waals surface area contributed by atoms with E-state index in [4.69, 9.17) is 5.11 Å². The zero-order valence-electron chi connectivity index (χ0n) is 13.1. The Bertz CT molecular complexity index is 568. The highest BCUT2D eigenvalue weighted by atomic mass is 19.4. The predicted molar refractivity (Wildman–Crippen MR) is 79.2 cm³/mol. The number of aliphatic carboxylic acids is 1. The van der Waals surface area contributed by atoms with Gasteiger partial charge in [0.25, 0.3) is 0 Å². The van der Waals surface area contributed by atoms with Crippen LogP contribution in [-0.4, -0.2) is 48.1 Å². The van der Waals surface area contributed by atoms with Gasteiger partial charge in [-0.1, -0.05) is 6.07 Å². The van der Waals surface area contributed by atoms with Crippen molar-refractivity contribution in [2.24, 2.45) is 5.92 Å². The Kier molecular flexibility index (Phi) is 5.13. The SMILES string of the molecule is CN(C)c1nc(C(F)(F)F)ccc1CN1CCC(C(=O)O)CC1. The van der Waals surface area contributed by atoms with Crippen LogP contribution in [0, 0.1) is 5.92 Å². The maximum Gasteiger partial charge on any atom is 0.433 e. The lowest BCUT2D eigenvalue weighted by Gasteiger charge is -2.31. The first-order chi connectivity index (χ1) is 10.7. The number of hydrogen-bond acceptors (Lipinski definition) is 4. The zero-order valence-corrected chi connectivity index (χ0v) is 13.1. The minimum Gasteiger partial charge on any atom is -0.481 e. The molecule has 0 saturated carbocycles. The number of halogens is 3. The van der Waals surface area contributed by atoms with Gasteiger partial charge in [0.2, 0.25) is 0 Å². The fourth-order valence-electron chi connectivity index (χ4n) is 2.72. The summed E-state index contributed by atoms with van der Waals surface area (Å²) in [7, 11) is 3.31. The molecule has 128 valence electrons. The largest absolute Gasteiger partial charge is 0.481 e. The number of piperidine rings is 1. The molecule has 1 aliphatic heterocycles. The van der Waals surface area contributed by atoms with Gasteiger partial charge in [0.15, 0.2) is 0 Å². The average Bonchev–Trinajstić information content (AvgIpc) is 2.46. The monoisotopic (exact) mass is 331 g/mol. The van der Waals surface area contributed by atoms with Gasteiger partial charge in [-0.05, 0) is 32.0 Å². The van der Waals surface area contributed by atoms with Crippen LogP contribution >= 0.6 is 0 Å². The van der Waals surface area contributed by atoms with Crippen molar-refractivity contribution in [1.82, 2.24) is 9.88 Å². The normalized spacial score (nSPS) is 17.3. The van der Waals surface area contributed by atoms with E-state index in [1.54, 1.807) is 19.0 Å². The van der Waals surface area contributed by atoms with Crippen molar-refractivity contribution in [3.63, 3.8) is 0 Å². The molecule has 1 aromatic heterocycles. The lowest BCUT2D eigenvalue weighted by atomic mass is 9.97. The van der Waals surface area contributed by atoms with Crippen LogP contribution in [0.3, 0.4) is 0 Å². The number of carbonyl (C=O) groups is 1. The Labute approximate surface area is 132 Å². The number of pyridine rings is 1. The Hall–Kier alpha value is -1.83. The molecule has 0 amide bonds. The first kappa shape index (κ1) is 17.5. The molecule has 0 unspecified atom stereocenters. The molecule has 1 N–H and O–H groups in total. The summed E-state index contributed by atoms with van der Waals surface area (Å²) in [5.74, 6) is -0.819. The standard InChI is InChI=1S/C15H20F3N3O2/c1-20(2)13-11(3-4-12(19-13)15(16,17)18)9-21-7-5-10(6-8-21)14(22)23/h3-4,10H,5-9H2,1-2H3,(H,22,23). The van der Waals surface area contributed by atoms with E-state index in [0.717, 1.165) is 6.07 Å². The van der Waals surface area contributed by atoms with Gasteiger partial charge in [-0.25, -0.2) is 4.98 Å². The van der Waals surface area contributed by atoms with E-state index < -0.39 is 17.8 Å². The van der Waals surface area contributed by atoms with Crippen LogP contribution in [0.1, 0.15) is 24.1 Å². The summed E-state index contributed by atoms with van der Waals surface area (Å²) < 4.78 is 38.4. The van der Waals surface area contributed by atoms with Crippen LogP contribution in [-0.2, 0) is 17.5 Å². The molecule has 0 aliphatic carbocycles. The number of carboxylic acid groups (broad SMARTS) is 1.